The third-order valence-corrected chi connectivity index (χ3v) is 6.36. The molecule has 21 heavy (non-hydrogen) atoms. The zero-order chi connectivity index (χ0) is 15.5. The number of anilines is 1. The minimum absolute atomic E-state index is 0.0182. The fourth-order valence-electron chi connectivity index (χ4n) is 1.66. The minimum Gasteiger partial charge on any atom is -0.278 e. The second kappa shape index (κ2) is 6.14. The summed E-state index contributed by atoms with van der Waals surface area (Å²) in [6.45, 7) is 1.86. The lowest BCUT2D eigenvalue weighted by Crippen LogP contribution is -2.25. The van der Waals surface area contributed by atoms with Crippen molar-refractivity contribution in [2.24, 2.45) is 0 Å². The van der Waals surface area contributed by atoms with E-state index < -0.39 is 20.0 Å². The molecule has 0 fully saturated rings. The molecular formula is C12H14N2O4S3. The zero-order valence-corrected chi connectivity index (χ0v) is 13.6. The average Bonchev–Trinajstić information content (AvgIpc) is 2.93. The largest absolute Gasteiger partial charge is 0.278 e. The molecule has 0 aliphatic heterocycles. The van der Waals surface area contributed by atoms with Crippen LogP contribution in [-0.2, 0) is 20.0 Å². The molecule has 0 radical (unpaired) electrons. The number of hydrogen-bond donors (Lipinski definition) is 2. The summed E-state index contributed by atoms with van der Waals surface area (Å²) >= 11 is 1.25. The normalized spacial score (nSPS) is 12.2. The maximum absolute atomic E-state index is 12.2. The van der Waals surface area contributed by atoms with Gasteiger partial charge in [0.25, 0.3) is 10.0 Å². The Morgan fingerprint density at radius 2 is 1.76 bits per heavy atom. The van der Waals surface area contributed by atoms with E-state index in [1.807, 2.05) is 0 Å². The predicted molar refractivity (Wildman–Crippen MR) is 82.4 cm³/mol. The third kappa shape index (κ3) is 3.62. The van der Waals surface area contributed by atoms with Gasteiger partial charge in [-0.2, -0.15) is 11.3 Å². The lowest BCUT2D eigenvalue weighted by atomic mass is 10.3. The van der Waals surface area contributed by atoms with Crippen molar-refractivity contribution in [3.8, 4) is 0 Å². The van der Waals surface area contributed by atoms with E-state index in [2.05, 4.69) is 9.44 Å². The number of benzene rings is 1. The van der Waals surface area contributed by atoms with Crippen LogP contribution in [0.3, 0.4) is 0 Å². The molecule has 0 atom stereocenters. The van der Waals surface area contributed by atoms with E-state index >= 15 is 0 Å². The van der Waals surface area contributed by atoms with Crippen molar-refractivity contribution in [2.45, 2.75) is 16.7 Å². The summed E-state index contributed by atoms with van der Waals surface area (Å²) < 4.78 is 53.2. The Labute approximate surface area is 127 Å². The first-order valence-corrected chi connectivity index (χ1v) is 9.91. The molecule has 114 valence electrons. The van der Waals surface area contributed by atoms with Gasteiger partial charge in [-0.15, -0.1) is 0 Å². The standard InChI is InChI=1S/C12H14N2O4S3/c1-2-13-21(17,18)12-6-4-3-5-11(12)14-20(15,16)10-7-8-19-9-10/h3-9,13-14H,2H2,1H3. The van der Waals surface area contributed by atoms with Crippen LogP contribution in [0.2, 0.25) is 0 Å². The highest BCUT2D eigenvalue weighted by Crippen LogP contribution is 2.24. The van der Waals surface area contributed by atoms with Crippen LogP contribution in [0.5, 0.6) is 0 Å². The number of rotatable bonds is 6. The summed E-state index contributed by atoms with van der Waals surface area (Å²) in [5.41, 5.74) is 0.0182. The lowest BCUT2D eigenvalue weighted by molar-refractivity contribution is 0.584. The van der Waals surface area contributed by atoms with Gasteiger partial charge < -0.3 is 0 Å². The number of sulfonamides is 2. The van der Waals surface area contributed by atoms with Gasteiger partial charge in [0, 0.05) is 11.9 Å². The smallest absolute Gasteiger partial charge is 0.262 e. The molecule has 1 heterocycles. The minimum atomic E-state index is -3.80. The van der Waals surface area contributed by atoms with E-state index in [-0.39, 0.29) is 22.0 Å². The molecule has 0 unspecified atom stereocenters. The Balaban J connectivity index is 2.43. The van der Waals surface area contributed by atoms with E-state index in [0.29, 0.717) is 0 Å². The van der Waals surface area contributed by atoms with Crippen LogP contribution in [0.1, 0.15) is 6.92 Å². The van der Waals surface area contributed by atoms with E-state index in [9.17, 15) is 16.8 Å². The third-order valence-electron chi connectivity index (χ3n) is 2.56. The molecule has 2 rings (SSSR count). The molecule has 1 aromatic carbocycles. The van der Waals surface area contributed by atoms with Gasteiger partial charge in [0.2, 0.25) is 10.0 Å². The summed E-state index contributed by atoms with van der Waals surface area (Å²) in [5.74, 6) is 0. The van der Waals surface area contributed by atoms with Crippen LogP contribution in [-0.4, -0.2) is 23.4 Å². The fraction of sp³-hybridized carbons (Fsp3) is 0.167. The molecule has 6 nitrogen and oxygen atoms in total. The average molecular weight is 346 g/mol. The van der Waals surface area contributed by atoms with Crippen LogP contribution in [0.25, 0.3) is 0 Å². The molecule has 0 amide bonds. The van der Waals surface area contributed by atoms with Crippen molar-refractivity contribution in [1.29, 1.82) is 0 Å². The summed E-state index contributed by atoms with van der Waals surface area (Å²) in [7, 11) is -7.56. The van der Waals surface area contributed by atoms with E-state index in [1.54, 1.807) is 18.4 Å². The highest BCUT2D eigenvalue weighted by Gasteiger charge is 2.21. The quantitative estimate of drug-likeness (QED) is 0.835. The van der Waals surface area contributed by atoms with Gasteiger partial charge >= 0.3 is 0 Å². The summed E-state index contributed by atoms with van der Waals surface area (Å²) in [4.78, 5) is -0.00573. The van der Waals surface area contributed by atoms with Gasteiger partial charge in [-0.25, -0.2) is 21.6 Å². The fourth-order valence-corrected chi connectivity index (χ4v) is 5.04. The van der Waals surface area contributed by atoms with E-state index in [1.165, 1.54) is 41.0 Å². The Bertz CT molecular complexity index is 812. The maximum Gasteiger partial charge on any atom is 0.262 e. The molecule has 0 saturated heterocycles. The predicted octanol–water partition coefficient (Wildman–Crippen LogP) is 1.85. The van der Waals surface area contributed by atoms with Crippen molar-refractivity contribution in [3.63, 3.8) is 0 Å². The van der Waals surface area contributed by atoms with Gasteiger partial charge in [-0.1, -0.05) is 19.1 Å². The number of thiophene rings is 1. The highest BCUT2D eigenvalue weighted by molar-refractivity contribution is 7.93. The zero-order valence-electron chi connectivity index (χ0n) is 11.1. The van der Waals surface area contributed by atoms with Crippen LogP contribution < -0.4 is 9.44 Å². The summed E-state index contributed by atoms with van der Waals surface area (Å²) in [6, 6.07) is 7.31. The van der Waals surface area contributed by atoms with Gasteiger partial charge in [0.1, 0.15) is 4.90 Å². The first-order chi connectivity index (χ1) is 9.87. The molecule has 2 N–H and O–H groups in total. The van der Waals surface area contributed by atoms with E-state index in [0.717, 1.165) is 0 Å². The molecule has 2 aromatic rings. The molecule has 0 spiro atoms. The number of nitrogens with one attached hydrogen (secondary N) is 2. The van der Waals surface area contributed by atoms with Crippen molar-refractivity contribution < 1.29 is 16.8 Å². The van der Waals surface area contributed by atoms with Crippen molar-refractivity contribution in [2.75, 3.05) is 11.3 Å². The van der Waals surface area contributed by atoms with Crippen LogP contribution in [0.4, 0.5) is 5.69 Å². The van der Waals surface area contributed by atoms with Crippen LogP contribution >= 0.6 is 11.3 Å². The van der Waals surface area contributed by atoms with Gasteiger partial charge in [0.15, 0.2) is 0 Å². The summed E-state index contributed by atoms with van der Waals surface area (Å²) in [6.07, 6.45) is 0. The second-order valence-electron chi connectivity index (χ2n) is 4.06. The van der Waals surface area contributed by atoms with Crippen molar-refractivity contribution >= 4 is 37.1 Å². The van der Waals surface area contributed by atoms with Crippen molar-refractivity contribution in [1.82, 2.24) is 4.72 Å². The molecule has 0 saturated carbocycles. The topological polar surface area (TPSA) is 92.3 Å². The molecule has 0 bridgehead atoms. The molecular weight excluding hydrogens is 332 g/mol. The van der Waals surface area contributed by atoms with Gasteiger partial charge in [0.05, 0.1) is 10.6 Å². The Morgan fingerprint density at radius 1 is 1.05 bits per heavy atom. The maximum atomic E-state index is 12.2. The monoisotopic (exact) mass is 346 g/mol. The van der Waals surface area contributed by atoms with Gasteiger partial charge in [-0.05, 0) is 23.6 Å². The molecule has 0 aliphatic rings. The van der Waals surface area contributed by atoms with Crippen LogP contribution in [0.15, 0.2) is 50.9 Å². The van der Waals surface area contributed by atoms with Crippen LogP contribution in [0, 0.1) is 0 Å². The Hall–Kier alpha value is -1.42. The first-order valence-electron chi connectivity index (χ1n) is 6.00. The number of hydrogen-bond acceptors (Lipinski definition) is 5. The number of para-hydroxylation sites is 1. The first kappa shape index (κ1) is 16.0. The summed E-state index contributed by atoms with van der Waals surface area (Å²) in [5, 5.41) is 3.11. The second-order valence-corrected chi connectivity index (χ2v) is 8.26. The lowest BCUT2D eigenvalue weighted by Gasteiger charge is -2.12. The molecule has 0 aliphatic carbocycles. The molecule has 9 heteroatoms. The highest BCUT2D eigenvalue weighted by atomic mass is 32.2. The molecule has 1 aromatic heterocycles. The Kier molecular flexibility index (Phi) is 4.67. The van der Waals surface area contributed by atoms with Crippen molar-refractivity contribution in [3.05, 3.63) is 41.1 Å². The van der Waals surface area contributed by atoms with E-state index in [4.69, 9.17) is 0 Å². The Morgan fingerprint density at radius 3 is 2.38 bits per heavy atom. The SMILES string of the molecule is CCNS(=O)(=O)c1ccccc1NS(=O)(=O)c1ccsc1. The van der Waals surface area contributed by atoms with Gasteiger partial charge in [-0.3, -0.25) is 4.72 Å².